The summed E-state index contributed by atoms with van der Waals surface area (Å²) in [4.78, 5) is 2.17. The highest BCUT2D eigenvalue weighted by atomic mass is 16.5. The van der Waals surface area contributed by atoms with E-state index in [0.717, 1.165) is 31.9 Å². The van der Waals surface area contributed by atoms with Crippen LogP contribution in [0.1, 0.15) is 12.5 Å². The van der Waals surface area contributed by atoms with E-state index in [0.29, 0.717) is 5.75 Å². The molecule has 1 N–H and O–H groups in total. The van der Waals surface area contributed by atoms with Gasteiger partial charge in [-0.25, -0.2) is 0 Å². The molecule has 0 aliphatic heterocycles. The van der Waals surface area contributed by atoms with Gasteiger partial charge in [0.05, 0.1) is 13.7 Å². The van der Waals surface area contributed by atoms with Gasteiger partial charge in [-0.3, -0.25) is 4.90 Å². The van der Waals surface area contributed by atoms with Gasteiger partial charge >= 0.3 is 0 Å². The van der Waals surface area contributed by atoms with Crippen molar-refractivity contribution in [3.05, 3.63) is 23.8 Å². The van der Waals surface area contributed by atoms with Gasteiger partial charge in [0.2, 0.25) is 0 Å². The normalized spacial score (nSPS) is 10.8. The lowest BCUT2D eigenvalue weighted by Gasteiger charge is -2.17. The van der Waals surface area contributed by atoms with Gasteiger partial charge in [0.1, 0.15) is 0 Å². The van der Waals surface area contributed by atoms with Crippen LogP contribution in [-0.2, 0) is 11.3 Å². The van der Waals surface area contributed by atoms with Crippen molar-refractivity contribution in [1.82, 2.24) is 4.90 Å². The lowest BCUT2D eigenvalue weighted by Crippen LogP contribution is -2.22. The van der Waals surface area contributed by atoms with E-state index in [1.54, 1.807) is 13.2 Å². The van der Waals surface area contributed by atoms with Crippen molar-refractivity contribution in [2.24, 2.45) is 0 Å². The molecule has 0 amide bonds. The quantitative estimate of drug-likeness (QED) is 0.738. The van der Waals surface area contributed by atoms with E-state index in [1.807, 2.05) is 26.1 Å². The van der Waals surface area contributed by atoms with Crippen LogP contribution < -0.4 is 4.74 Å². The molecule has 0 aliphatic carbocycles. The molecule has 0 heterocycles. The minimum atomic E-state index is 0.174. The molecule has 0 aliphatic rings. The van der Waals surface area contributed by atoms with Crippen LogP contribution in [0.3, 0.4) is 0 Å². The molecular formula is C13H21NO3. The van der Waals surface area contributed by atoms with Crippen LogP contribution in [0.25, 0.3) is 0 Å². The van der Waals surface area contributed by atoms with E-state index >= 15 is 0 Å². The van der Waals surface area contributed by atoms with Crippen LogP contribution in [0.2, 0.25) is 0 Å². The number of phenolic OH excluding ortho intramolecular Hbond substituents is 1. The summed E-state index contributed by atoms with van der Waals surface area (Å²) in [5.41, 5.74) is 1.11. The number of hydrogen-bond acceptors (Lipinski definition) is 4. The Hall–Kier alpha value is -1.26. The Bertz CT molecular complexity index is 341. The van der Waals surface area contributed by atoms with Gasteiger partial charge in [-0.2, -0.15) is 0 Å². The number of benzene rings is 1. The first-order chi connectivity index (χ1) is 8.17. The van der Waals surface area contributed by atoms with Crippen molar-refractivity contribution in [2.45, 2.75) is 13.5 Å². The third kappa shape index (κ3) is 4.63. The number of likely N-dealkylation sites (N-methyl/N-ethyl adjacent to an activating group) is 1. The third-order valence-electron chi connectivity index (χ3n) is 2.52. The monoisotopic (exact) mass is 239 g/mol. The van der Waals surface area contributed by atoms with Crippen LogP contribution in [0.4, 0.5) is 0 Å². The maximum absolute atomic E-state index is 9.48. The summed E-state index contributed by atoms with van der Waals surface area (Å²) in [6, 6.07) is 5.41. The zero-order valence-corrected chi connectivity index (χ0v) is 10.8. The smallest absolute Gasteiger partial charge is 0.160 e. The second-order valence-electron chi connectivity index (χ2n) is 3.94. The molecule has 0 saturated heterocycles. The highest BCUT2D eigenvalue weighted by molar-refractivity contribution is 5.41. The minimum absolute atomic E-state index is 0.174. The molecule has 0 saturated carbocycles. The van der Waals surface area contributed by atoms with E-state index in [9.17, 15) is 5.11 Å². The molecule has 0 aromatic heterocycles. The van der Waals surface area contributed by atoms with Crippen LogP contribution in [-0.4, -0.2) is 43.9 Å². The van der Waals surface area contributed by atoms with E-state index in [-0.39, 0.29) is 5.75 Å². The maximum atomic E-state index is 9.48. The molecule has 0 unspecified atom stereocenters. The molecule has 17 heavy (non-hydrogen) atoms. The minimum Gasteiger partial charge on any atom is -0.504 e. The molecule has 1 aromatic carbocycles. The zero-order valence-electron chi connectivity index (χ0n) is 10.8. The fourth-order valence-electron chi connectivity index (χ4n) is 1.58. The van der Waals surface area contributed by atoms with E-state index in [2.05, 4.69) is 4.90 Å². The van der Waals surface area contributed by atoms with Crippen LogP contribution >= 0.6 is 0 Å². The number of hydrogen-bond donors (Lipinski definition) is 1. The molecule has 0 fully saturated rings. The first-order valence-corrected chi connectivity index (χ1v) is 5.79. The predicted molar refractivity (Wildman–Crippen MR) is 67.5 cm³/mol. The second-order valence-corrected chi connectivity index (χ2v) is 3.94. The van der Waals surface area contributed by atoms with Crippen LogP contribution in [0, 0.1) is 0 Å². The largest absolute Gasteiger partial charge is 0.504 e. The molecule has 0 bridgehead atoms. The predicted octanol–water partition coefficient (Wildman–Crippen LogP) is 1.87. The average molecular weight is 239 g/mol. The number of aromatic hydroxyl groups is 1. The van der Waals surface area contributed by atoms with Gasteiger partial charge in [0, 0.05) is 19.7 Å². The summed E-state index contributed by atoms with van der Waals surface area (Å²) < 4.78 is 10.4. The standard InChI is InChI=1S/C13H21NO3/c1-4-17-8-7-14(2)10-11-5-6-12(15)13(9-11)16-3/h5-6,9,15H,4,7-8,10H2,1-3H3. The Morgan fingerprint density at radius 1 is 1.35 bits per heavy atom. The van der Waals surface area contributed by atoms with E-state index in [4.69, 9.17) is 9.47 Å². The molecule has 0 spiro atoms. The number of rotatable bonds is 7. The maximum Gasteiger partial charge on any atom is 0.160 e. The number of nitrogens with zero attached hydrogens (tertiary/aromatic N) is 1. The van der Waals surface area contributed by atoms with Crippen LogP contribution in [0.5, 0.6) is 11.5 Å². The Morgan fingerprint density at radius 2 is 2.12 bits per heavy atom. The summed E-state index contributed by atoms with van der Waals surface area (Å²) in [5, 5.41) is 9.48. The van der Waals surface area contributed by atoms with Crippen molar-refractivity contribution in [2.75, 3.05) is 33.9 Å². The summed E-state index contributed by atoms with van der Waals surface area (Å²) in [7, 11) is 3.59. The summed E-state index contributed by atoms with van der Waals surface area (Å²) in [5.74, 6) is 0.689. The third-order valence-corrected chi connectivity index (χ3v) is 2.52. The molecule has 1 aromatic rings. The Kier molecular flexibility index (Phi) is 5.80. The zero-order chi connectivity index (χ0) is 12.7. The Balaban J connectivity index is 2.50. The number of ether oxygens (including phenoxy) is 2. The van der Waals surface area contributed by atoms with Crippen molar-refractivity contribution in [1.29, 1.82) is 0 Å². The fourth-order valence-corrected chi connectivity index (χ4v) is 1.58. The molecule has 4 heteroatoms. The van der Waals surface area contributed by atoms with Gasteiger partial charge < -0.3 is 14.6 Å². The first-order valence-electron chi connectivity index (χ1n) is 5.79. The first kappa shape index (κ1) is 13.8. The fraction of sp³-hybridized carbons (Fsp3) is 0.538. The number of phenols is 1. The van der Waals surface area contributed by atoms with Crippen molar-refractivity contribution in [3.63, 3.8) is 0 Å². The van der Waals surface area contributed by atoms with Gasteiger partial charge in [0.15, 0.2) is 11.5 Å². The second kappa shape index (κ2) is 7.14. The van der Waals surface area contributed by atoms with Gasteiger partial charge in [-0.1, -0.05) is 6.07 Å². The van der Waals surface area contributed by atoms with Crippen LogP contribution in [0.15, 0.2) is 18.2 Å². The SMILES string of the molecule is CCOCCN(C)Cc1ccc(O)c(OC)c1. The lowest BCUT2D eigenvalue weighted by molar-refractivity contribution is 0.120. The molecular weight excluding hydrogens is 218 g/mol. The average Bonchev–Trinajstić information content (AvgIpc) is 2.32. The molecule has 1 rings (SSSR count). The summed E-state index contributed by atoms with van der Waals surface area (Å²) in [6.07, 6.45) is 0. The van der Waals surface area contributed by atoms with Gasteiger partial charge in [0.25, 0.3) is 0 Å². The topological polar surface area (TPSA) is 41.9 Å². The number of methoxy groups -OCH3 is 1. The van der Waals surface area contributed by atoms with E-state index < -0.39 is 0 Å². The summed E-state index contributed by atoms with van der Waals surface area (Å²) >= 11 is 0. The molecule has 0 atom stereocenters. The molecule has 96 valence electrons. The lowest BCUT2D eigenvalue weighted by atomic mass is 10.2. The Morgan fingerprint density at radius 3 is 2.76 bits per heavy atom. The van der Waals surface area contributed by atoms with Gasteiger partial charge in [-0.05, 0) is 31.7 Å². The Labute approximate surface area is 103 Å². The highest BCUT2D eigenvalue weighted by Crippen LogP contribution is 2.26. The molecule has 0 radical (unpaired) electrons. The summed E-state index contributed by atoms with van der Waals surface area (Å²) in [6.45, 7) is 5.18. The molecule has 4 nitrogen and oxygen atoms in total. The van der Waals surface area contributed by atoms with Crippen molar-refractivity contribution >= 4 is 0 Å². The van der Waals surface area contributed by atoms with Gasteiger partial charge in [-0.15, -0.1) is 0 Å². The van der Waals surface area contributed by atoms with Crippen molar-refractivity contribution in [3.8, 4) is 11.5 Å². The highest BCUT2D eigenvalue weighted by Gasteiger charge is 2.05. The van der Waals surface area contributed by atoms with E-state index in [1.165, 1.54) is 0 Å². The van der Waals surface area contributed by atoms with Crippen molar-refractivity contribution < 1.29 is 14.6 Å².